The summed E-state index contributed by atoms with van der Waals surface area (Å²) in [6.07, 6.45) is 4.00. The highest BCUT2D eigenvalue weighted by molar-refractivity contribution is 6.00. The third kappa shape index (κ3) is 2.87. The maximum Gasteiger partial charge on any atom is 0.274 e. The Morgan fingerprint density at radius 2 is 1.90 bits per heavy atom. The van der Waals surface area contributed by atoms with Crippen LogP contribution in [-0.2, 0) is 6.54 Å². The van der Waals surface area contributed by atoms with Crippen molar-refractivity contribution in [2.24, 2.45) is 0 Å². The molecule has 0 aliphatic rings. The molecule has 20 heavy (non-hydrogen) atoms. The van der Waals surface area contributed by atoms with Gasteiger partial charge in [0.1, 0.15) is 5.69 Å². The van der Waals surface area contributed by atoms with Crippen molar-refractivity contribution in [1.29, 1.82) is 0 Å². The van der Waals surface area contributed by atoms with Crippen molar-refractivity contribution in [3.63, 3.8) is 0 Å². The lowest BCUT2D eigenvalue weighted by Crippen LogP contribution is -2.31. The Morgan fingerprint density at radius 3 is 2.55 bits per heavy atom. The number of rotatable bonds is 6. The van der Waals surface area contributed by atoms with Crippen LogP contribution in [0.5, 0.6) is 0 Å². The van der Waals surface area contributed by atoms with Gasteiger partial charge in [0.05, 0.1) is 11.4 Å². The van der Waals surface area contributed by atoms with Crippen molar-refractivity contribution in [3.05, 3.63) is 40.3 Å². The van der Waals surface area contributed by atoms with Gasteiger partial charge < -0.3 is 9.90 Å². The van der Waals surface area contributed by atoms with Crippen molar-refractivity contribution in [3.8, 4) is 0 Å². The van der Waals surface area contributed by atoms with Crippen LogP contribution in [0.15, 0.2) is 29.1 Å². The number of carbonyl (C=O) groups is 1. The first-order valence-corrected chi connectivity index (χ1v) is 6.86. The molecular weight excluding hydrogens is 256 g/mol. The molecule has 0 unspecified atom stereocenters. The van der Waals surface area contributed by atoms with E-state index in [1.54, 1.807) is 24.3 Å². The monoisotopic (exact) mass is 273 g/mol. The normalized spacial score (nSPS) is 10.8. The zero-order chi connectivity index (χ0) is 14.5. The zero-order valence-corrected chi connectivity index (χ0v) is 11.5. The van der Waals surface area contributed by atoms with E-state index in [-0.39, 0.29) is 11.3 Å². The highest BCUT2D eigenvalue weighted by Crippen LogP contribution is 2.12. The number of hydrogen-bond donors (Lipinski definition) is 0. The molecule has 0 fully saturated rings. The molecule has 0 N–H and O–H groups in total. The molecule has 0 spiro atoms. The fourth-order valence-electron chi connectivity index (χ4n) is 2.23. The van der Waals surface area contributed by atoms with Gasteiger partial charge in [-0.15, -0.1) is 0 Å². The molecule has 0 atom stereocenters. The number of carboxylic acids is 1. The maximum atomic E-state index is 12.3. The third-order valence-electron chi connectivity index (χ3n) is 3.28. The van der Waals surface area contributed by atoms with Crippen LogP contribution in [0, 0.1) is 0 Å². The summed E-state index contributed by atoms with van der Waals surface area (Å²) in [5.41, 5.74) is -0.419. The number of hydrogen-bond acceptors (Lipinski definition) is 4. The topological polar surface area (TPSA) is 75.0 Å². The Hall–Kier alpha value is -2.17. The van der Waals surface area contributed by atoms with Crippen molar-refractivity contribution in [2.45, 2.75) is 39.2 Å². The van der Waals surface area contributed by atoms with Crippen LogP contribution in [0.3, 0.4) is 0 Å². The van der Waals surface area contributed by atoms with Crippen molar-refractivity contribution < 1.29 is 9.90 Å². The number of carboxylic acid groups (broad SMARTS) is 1. The summed E-state index contributed by atoms with van der Waals surface area (Å²) >= 11 is 0. The number of benzene rings is 1. The van der Waals surface area contributed by atoms with E-state index in [0.29, 0.717) is 17.3 Å². The average molecular weight is 273 g/mol. The number of aryl methyl sites for hydroxylation is 1. The maximum absolute atomic E-state index is 12.3. The van der Waals surface area contributed by atoms with E-state index in [1.165, 1.54) is 4.68 Å². The standard InChI is InChI=1S/C15H18N2O3/c1-2-3-4-7-10-17-14(18)12-9-6-5-8-11(12)13(16-17)15(19)20/h5-6,8-9H,2-4,7,10H2,1H3,(H,19,20)/p-1. The molecule has 2 aromatic rings. The van der Waals surface area contributed by atoms with Gasteiger partial charge in [-0.05, 0) is 12.5 Å². The van der Waals surface area contributed by atoms with E-state index in [9.17, 15) is 14.7 Å². The summed E-state index contributed by atoms with van der Waals surface area (Å²) in [6, 6.07) is 6.59. The quantitative estimate of drug-likeness (QED) is 0.744. The summed E-state index contributed by atoms with van der Waals surface area (Å²) in [5, 5.41) is 15.8. The number of aromatic nitrogens is 2. The molecule has 1 heterocycles. The lowest BCUT2D eigenvalue weighted by molar-refractivity contribution is -0.255. The van der Waals surface area contributed by atoms with Gasteiger partial charge in [-0.2, -0.15) is 5.10 Å². The minimum atomic E-state index is -1.36. The first-order chi connectivity index (χ1) is 9.65. The number of fused-ring (bicyclic) bond motifs is 1. The predicted molar refractivity (Wildman–Crippen MR) is 74.5 cm³/mol. The summed E-state index contributed by atoms with van der Waals surface area (Å²) in [6.45, 7) is 2.54. The lowest BCUT2D eigenvalue weighted by atomic mass is 10.1. The number of carbonyl (C=O) groups excluding carboxylic acids is 1. The average Bonchev–Trinajstić information content (AvgIpc) is 2.45. The molecule has 0 radical (unpaired) electrons. The molecule has 0 bridgehead atoms. The van der Waals surface area contributed by atoms with E-state index in [0.717, 1.165) is 25.7 Å². The van der Waals surface area contributed by atoms with Crippen LogP contribution >= 0.6 is 0 Å². The van der Waals surface area contributed by atoms with E-state index < -0.39 is 5.97 Å². The van der Waals surface area contributed by atoms with Gasteiger partial charge in [-0.25, -0.2) is 4.68 Å². The SMILES string of the molecule is CCCCCCn1nc(C(=O)[O-])c2ccccc2c1=O. The first kappa shape index (κ1) is 14.2. The molecule has 1 aromatic carbocycles. The number of nitrogens with zero attached hydrogens (tertiary/aromatic N) is 2. The molecule has 5 nitrogen and oxygen atoms in total. The fraction of sp³-hybridized carbons (Fsp3) is 0.400. The number of aromatic carboxylic acids is 1. The fourth-order valence-corrected chi connectivity index (χ4v) is 2.23. The molecule has 1 aromatic heterocycles. The van der Waals surface area contributed by atoms with E-state index >= 15 is 0 Å². The largest absolute Gasteiger partial charge is 0.543 e. The summed E-state index contributed by atoms with van der Waals surface area (Å²) in [4.78, 5) is 23.4. The molecule has 0 aliphatic heterocycles. The van der Waals surface area contributed by atoms with Crippen LogP contribution in [0.25, 0.3) is 10.8 Å². The van der Waals surface area contributed by atoms with Gasteiger partial charge in [0.15, 0.2) is 0 Å². The molecule has 0 amide bonds. The van der Waals surface area contributed by atoms with Gasteiger partial charge in [-0.3, -0.25) is 4.79 Å². The molecule has 2 rings (SSSR count). The Kier molecular flexibility index (Phi) is 4.50. The van der Waals surface area contributed by atoms with Gasteiger partial charge in [0.25, 0.3) is 5.56 Å². The second kappa shape index (κ2) is 6.32. The highest BCUT2D eigenvalue weighted by atomic mass is 16.4. The van der Waals surface area contributed by atoms with Gasteiger partial charge in [0.2, 0.25) is 0 Å². The molecular formula is C15H17N2O3-. The molecule has 0 aliphatic carbocycles. The van der Waals surface area contributed by atoms with Crippen molar-refractivity contribution in [1.82, 2.24) is 9.78 Å². The van der Waals surface area contributed by atoms with Gasteiger partial charge >= 0.3 is 0 Å². The summed E-state index contributed by atoms with van der Waals surface area (Å²) in [7, 11) is 0. The van der Waals surface area contributed by atoms with Crippen LogP contribution in [0.1, 0.15) is 43.1 Å². The summed E-state index contributed by atoms with van der Waals surface area (Å²) in [5.74, 6) is -1.36. The smallest absolute Gasteiger partial charge is 0.274 e. The second-order valence-corrected chi connectivity index (χ2v) is 4.77. The molecule has 0 saturated carbocycles. The van der Waals surface area contributed by atoms with Crippen molar-refractivity contribution in [2.75, 3.05) is 0 Å². The Labute approximate surface area is 116 Å². The summed E-state index contributed by atoms with van der Waals surface area (Å²) < 4.78 is 1.24. The van der Waals surface area contributed by atoms with Crippen LogP contribution in [-0.4, -0.2) is 15.7 Å². The van der Waals surface area contributed by atoms with Gasteiger partial charge in [0, 0.05) is 11.9 Å². The van der Waals surface area contributed by atoms with E-state index in [4.69, 9.17) is 0 Å². The van der Waals surface area contributed by atoms with Gasteiger partial charge in [-0.1, -0.05) is 44.4 Å². The van der Waals surface area contributed by atoms with Crippen LogP contribution in [0.4, 0.5) is 0 Å². The van der Waals surface area contributed by atoms with Crippen LogP contribution < -0.4 is 10.7 Å². The molecule has 5 heteroatoms. The zero-order valence-electron chi connectivity index (χ0n) is 11.5. The first-order valence-electron chi connectivity index (χ1n) is 6.86. The lowest BCUT2D eigenvalue weighted by Gasteiger charge is -2.11. The van der Waals surface area contributed by atoms with Crippen molar-refractivity contribution >= 4 is 16.7 Å². The Bertz CT molecular complexity index is 676. The Balaban J connectivity index is 2.42. The third-order valence-corrected chi connectivity index (χ3v) is 3.28. The minimum Gasteiger partial charge on any atom is -0.543 e. The van der Waals surface area contributed by atoms with Crippen LogP contribution in [0.2, 0.25) is 0 Å². The predicted octanol–water partition coefficient (Wildman–Crippen LogP) is 1.34. The second-order valence-electron chi connectivity index (χ2n) is 4.77. The Morgan fingerprint density at radius 1 is 1.20 bits per heavy atom. The number of unbranched alkanes of at least 4 members (excludes halogenated alkanes) is 3. The van der Waals surface area contributed by atoms with E-state index in [1.807, 2.05) is 0 Å². The molecule has 106 valence electrons. The molecule has 0 saturated heterocycles. The highest BCUT2D eigenvalue weighted by Gasteiger charge is 2.10. The minimum absolute atomic E-state index is 0.171. The van der Waals surface area contributed by atoms with E-state index in [2.05, 4.69) is 12.0 Å².